The van der Waals surface area contributed by atoms with E-state index >= 15 is 0 Å². The van der Waals surface area contributed by atoms with Gasteiger partial charge >= 0.3 is 0 Å². The van der Waals surface area contributed by atoms with Crippen molar-refractivity contribution in [1.82, 2.24) is 24.5 Å². The van der Waals surface area contributed by atoms with E-state index in [0.29, 0.717) is 0 Å². The van der Waals surface area contributed by atoms with E-state index in [1.54, 1.807) is 21.8 Å². The first-order chi connectivity index (χ1) is 11.9. The lowest BCUT2D eigenvalue weighted by Gasteiger charge is -2.07. The molecule has 5 nitrogen and oxygen atoms in total. The Bertz CT molecular complexity index is 886. The van der Waals surface area contributed by atoms with Gasteiger partial charge < -0.3 is 0 Å². The average Bonchev–Trinajstić information content (AvgIpc) is 3.34. The topological polar surface area (TPSA) is 48.5 Å². The quantitative estimate of drug-likeness (QED) is 0.578. The zero-order valence-corrected chi connectivity index (χ0v) is 12.9. The summed E-state index contributed by atoms with van der Waals surface area (Å²) in [5.41, 5.74) is 2.18. The summed E-state index contributed by atoms with van der Waals surface area (Å²) in [7, 11) is 0. The zero-order valence-electron chi connectivity index (χ0n) is 12.9. The van der Waals surface area contributed by atoms with E-state index in [-0.39, 0.29) is 0 Å². The van der Waals surface area contributed by atoms with Crippen LogP contribution in [0, 0.1) is 0 Å². The van der Waals surface area contributed by atoms with E-state index in [2.05, 4.69) is 39.5 Å². The third-order valence-corrected chi connectivity index (χ3v) is 3.57. The maximum absolute atomic E-state index is 4.64. The van der Waals surface area contributed by atoms with Gasteiger partial charge in [-0.2, -0.15) is 10.2 Å². The Kier molecular flexibility index (Phi) is 3.73. The summed E-state index contributed by atoms with van der Waals surface area (Å²) < 4.78 is 3.49. The molecule has 24 heavy (non-hydrogen) atoms. The van der Waals surface area contributed by atoms with Gasteiger partial charge in [-0.15, -0.1) is 0 Å². The average molecular weight is 313 g/mol. The number of nitrogens with zero attached hydrogens (tertiary/aromatic N) is 5. The van der Waals surface area contributed by atoms with E-state index in [1.807, 2.05) is 54.9 Å². The number of rotatable bonds is 4. The summed E-state index contributed by atoms with van der Waals surface area (Å²) in [6, 6.07) is 18.0. The second-order valence-corrected chi connectivity index (χ2v) is 5.26. The molecular formula is C19H15N5. The predicted octanol–water partition coefficient (Wildman–Crippen LogP) is 3.62. The molecule has 4 aromatic rings. The lowest BCUT2D eigenvalue weighted by Crippen LogP contribution is -2.04. The van der Waals surface area contributed by atoms with Gasteiger partial charge in [0.25, 0.3) is 0 Å². The van der Waals surface area contributed by atoms with Gasteiger partial charge in [-0.3, -0.25) is 0 Å². The van der Waals surface area contributed by atoms with Crippen molar-refractivity contribution in [3.8, 4) is 11.6 Å². The maximum atomic E-state index is 4.64. The lowest BCUT2D eigenvalue weighted by molar-refractivity contribution is 0.803. The minimum atomic E-state index is 0.751. The molecule has 0 aliphatic carbocycles. The summed E-state index contributed by atoms with van der Waals surface area (Å²) in [5, 5.41) is 8.54. The van der Waals surface area contributed by atoms with Crippen molar-refractivity contribution >= 4 is 12.2 Å². The molecule has 0 aliphatic rings. The van der Waals surface area contributed by atoms with Crippen molar-refractivity contribution < 1.29 is 0 Å². The van der Waals surface area contributed by atoms with Crippen LogP contribution < -0.4 is 0 Å². The van der Waals surface area contributed by atoms with Crippen LogP contribution in [0.15, 0.2) is 79.4 Å². The van der Waals surface area contributed by atoms with Crippen molar-refractivity contribution in [2.75, 3.05) is 0 Å². The fourth-order valence-electron chi connectivity index (χ4n) is 2.42. The molecule has 0 bridgehead atoms. The minimum absolute atomic E-state index is 0.751. The maximum Gasteiger partial charge on any atom is 0.156 e. The monoisotopic (exact) mass is 313 g/mol. The fourth-order valence-corrected chi connectivity index (χ4v) is 2.42. The predicted molar refractivity (Wildman–Crippen MR) is 93.9 cm³/mol. The molecule has 116 valence electrons. The summed E-state index contributed by atoms with van der Waals surface area (Å²) in [5.74, 6) is 1.50. The summed E-state index contributed by atoms with van der Waals surface area (Å²) in [6.07, 6.45) is 11.4. The zero-order chi connectivity index (χ0) is 16.2. The van der Waals surface area contributed by atoms with Crippen LogP contribution in [0.25, 0.3) is 23.8 Å². The molecule has 3 aromatic heterocycles. The molecule has 0 radical (unpaired) electrons. The van der Waals surface area contributed by atoms with E-state index in [1.165, 1.54) is 0 Å². The van der Waals surface area contributed by atoms with Crippen LogP contribution in [0.2, 0.25) is 0 Å². The van der Waals surface area contributed by atoms with Crippen LogP contribution in [0.5, 0.6) is 0 Å². The Morgan fingerprint density at radius 1 is 0.667 bits per heavy atom. The van der Waals surface area contributed by atoms with Crippen molar-refractivity contribution in [1.29, 1.82) is 0 Å². The second-order valence-electron chi connectivity index (χ2n) is 5.26. The van der Waals surface area contributed by atoms with E-state index in [9.17, 15) is 0 Å². The number of hydrogen-bond acceptors (Lipinski definition) is 3. The smallest absolute Gasteiger partial charge is 0.156 e. The molecule has 0 fully saturated rings. The SMILES string of the molecule is C(=Cc1cc(-n2cccn2)nc(-n2cccn2)c1)c1ccccc1. The van der Waals surface area contributed by atoms with Crippen LogP contribution in [0.4, 0.5) is 0 Å². The summed E-state index contributed by atoms with van der Waals surface area (Å²) in [6.45, 7) is 0. The molecule has 0 unspecified atom stereocenters. The van der Waals surface area contributed by atoms with Crippen LogP contribution in [0.1, 0.15) is 11.1 Å². The highest BCUT2D eigenvalue weighted by Gasteiger charge is 2.05. The molecule has 0 atom stereocenters. The molecule has 0 saturated carbocycles. The van der Waals surface area contributed by atoms with E-state index in [4.69, 9.17) is 0 Å². The third-order valence-electron chi connectivity index (χ3n) is 3.57. The number of aromatic nitrogens is 5. The number of benzene rings is 1. The van der Waals surface area contributed by atoms with Crippen molar-refractivity contribution in [2.24, 2.45) is 0 Å². The molecule has 4 rings (SSSR count). The summed E-state index contributed by atoms with van der Waals surface area (Å²) >= 11 is 0. The Labute approximate surface area is 139 Å². The summed E-state index contributed by atoms with van der Waals surface area (Å²) in [4.78, 5) is 4.64. The van der Waals surface area contributed by atoms with Gasteiger partial charge in [-0.05, 0) is 35.4 Å². The highest BCUT2D eigenvalue weighted by Crippen LogP contribution is 2.15. The first-order valence-corrected chi connectivity index (χ1v) is 7.64. The van der Waals surface area contributed by atoms with Gasteiger partial charge in [0.2, 0.25) is 0 Å². The van der Waals surface area contributed by atoms with Gasteiger partial charge in [0.15, 0.2) is 11.6 Å². The van der Waals surface area contributed by atoms with E-state index < -0.39 is 0 Å². The first-order valence-electron chi connectivity index (χ1n) is 7.64. The van der Waals surface area contributed by atoms with Crippen LogP contribution in [-0.4, -0.2) is 24.5 Å². The minimum Gasteiger partial charge on any atom is -0.223 e. The molecule has 0 spiro atoms. The largest absolute Gasteiger partial charge is 0.223 e. The third kappa shape index (κ3) is 3.01. The van der Waals surface area contributed by atoms with Gasteiger partial charge in [0.05, 0.1) is 0 Å². The Morgan fingerprint density at radius 3 is 1.79 bits per heavy atom. The molecule has 0 aliphatic heterocycles. The van der Waals surface area contributed by atoms with E-state index in [0.717, 1.165) is 22.8 Å². The Balaban J connectivity index is 1.77. The molecule has 0 N–H and O–H groups in total. The van der Waals surface area contributed by atoms with Crippen molar-refractivity contribution in [3.05, 3.63) is 90.5 Å². The molecule has 0 amide bonds. The fraction of sp³-hybridized carbons (Fsp3) is 0. The van der Waals surface area contributed by atoms with Crippen LogP contribution in [-0.2, 0) is 0 Å². The molecular weight excluding hydrogens is 298 g/mol. The number of pyridine rings is 1. The van der Waals surface area contributed by atoms with Gasteiger partial charge in [0, 0.05) is 24.8 Å². The standard InChI is InChI=1S/C19H15N5/c1-2-6-16(7-3-1)8-9-17-14-18(23-12-4-10-20-23)22-19(15-17)24-13-5-11-21-24/h1-15H. The molecule has 3 heterocycles. The second kappa shape index (κ2) is 6.34. The highest BCUT2D eigenvalue weighted by atomic mass is 15.3. The lowest BCUT2D eigenvalue weighted by atomic mass is 10.1. The van der Waals surface area contributed by atoms with Gasteiger partial charge in [-0.25, -0.2) is 14.3 Å². The van der Waals surface area contributed by atoms with Crippen LogP contribution >= 0.6 is 0 Å². The number of hydrogen-bond donors (Lipinski definition) is 0. The molecule has 5 heteroatoms. The molecule has 1 aromatic carbocycles. The Morgan fingerprint density at radius 2 is 1.25 bits per heavy atom. The first kappa shape index (κ1) is 14.1. The molecule has 0 saturated heterocycles. The normalized spacial score (nSPS) is 11.2. The van der Waals surface area contributed by atoms with Crippen LogP contribution in [0.3, 0.4) is 0 Å². The van der Waals surface area contributed by atoms with Crippen molar-refractivity contribution in [2.45, 2.75) is 0 Å². The highest BCUT2D eigenvalue weighted by molar-refractivity contribution is 5.70. The Hall–Kier alpha value is -3.47. The van der Waals surface area contributed by atoms with Crippen molar-refractivity contribution in [3.63, 3.8) is 0 Å². The van der Waals surface area contributed by atoms with Gasteiger partial charge in [-0.1, -0.05) is 42.5 Å². The van der Waals surface area contributed by atoms with Gasteiger partial charge in [0.1, 0.15) is 0 Å².